The zero-order valence-electron chi connectivity index (χ0n) is 15.5. The van der Waals surface area contributed by atoms with Gasteiger partial charge in [-0.1, -0.05) is 11.3 Å². The van der Waals surface area contributed by atoms with Crippen LogP contribution in [-0.4, -0.2) is 41.9 Å². The molecule has 11 heteroatoms. The first kappa shape index (κ1) is 20.4. The van der Waals surface area contributed by atoms with E-state index >= 15 is 0 Å². The van der Waals surface area contributed by atoms with Gasteiger partial charge in [-0.05, 0) is 38.1 Å². The van der Waals surface area contributed by atoms with Crippen molar-refractivity contribution < 1.29 is 17.9 Å². The van der Waals surface area contributed by atoms with Crippen LogP contribution in [-0.2, 0) is 27.8 Å². The third-order valence-electron chi connectivity index (χ3n) is 4.08. The quantitative estimate of drug-likeness (QED) is 0.575. The molecule has 2 aromatic heterocycles. The Labute approximate surface area is 166 Å². The van der Waals surface area contributed by atoms with Gasteiger partial charge in [-0.15, -0.1) is 0 Å². The largest absolute Gasteiger partial charge is 0.380 e. The summed E-state index contributed by atoms with van der Waals surface area (Å²) in [4.78, 5) is 17.4. The summed E-state index contributed by atoms with van der Waals surface area (Å²) >= 11 is 1.22. The van der Waals surface area contributed by atoms with E-state index in [0.717, 1.165) is 5.52 Å². The summed E-state index contributed by atoms with van der Waals surface area (Å²) in [6.45, 7) is 5.82. The normalized spacial score (nSPS) is 12.8. The van der Waals surface area contributed by atoms with Crippen LogP contribution in [0.2, 0.25) is 0 Å². The number of rotatable bonds is 7. The molecule has 1 amide bonds. The highest BCUT2D eigenvalue weighted by atomic mass is 32.2. The summed E-state index contributed by atoms with van der Waals surface area (Å²) in [7, 11) is -3.82. The molecule has 2 N–H and O–H groups in total. The highest BCUT2D eigenvalue weighted by molar-refractivity contribution is 7.89. The third kappa shape index (κ3) is 4.22. The number of ether oxygens (including phenoxy) is 1. The first-order chi connectivity index (χ1) is 13.3. The molecule has 0 spiro atoms. The molecule has 3 aromatic rings. The van der Waals surface area contributed by atoms with Crippen molar-refractivity contribution in [1.82, 2.24) is 14.3 Å². The molecule has 0 aliphatic heterocycles. The number of amides is 1. The van der Waals surface area contributed by atoms with Gasteiger partial charge in [0.15, 0.2) is 4.80 Å². The van der Waals surface area contributed by atoms with Gasteiger partial charge in [0.1, 0.15) is 5.69 Å². The van der Waals surface area contributed by atoms with Crippen molar-refractivity contribution in [1.29, 1.82) is 0 Å². The Balaban J connectivity index is 2.13. The molecule has 0 aliphatic carbocycles. The van der Waals surface area contributed by atoms with Crippen LogP contribution >= 0.6 is 11.3 Å². The number of carbonyl (C=O) groups is 1. The van der Waals surface area contributed by atoms with Gasteiger partial charge in [-0.2, -0.15) is 10.1 Å². The number of hydrogen-bond acceptors (Lipinski definition) is 6. The SMILES string of the molecule is CCOCCn1c(=NC(=O)c2ccnn2CC)sc2cc(S(N)(=O)=O)ccc21. The van der Waals surface area contributed by atoms with Crippen molar-refractivity contribution in [2.45, 2.75) is 31.8 Å². The molecular formula is C17H21N5O4S2. The molecule has 0 bridgehead atoms. The Kier molecular flexibility index (Phi) is 6.08. The minimum absolute atomic E-state index is 0.0140. The van der Waals surface area contributed by atoms with Crippen molar-refractivity contribution in [2.75, 3.05) is 13.2 Å². The van der Waals surface area contributed by atoms with E-state index in [9.17, 15) is 13.2 Å². The average molecular weight is 424 g/mol. The van der Waals surface area contributed by atoms with Gasteiger partial charge in [-0.3, -0.25) is 9.48 Å². The van der Waals surface area contributed by atoms with Gasteiger partial charge in [0, 0.05) is 25.9 Å². The molecule has 9 nitrogen and oxygen atoms in total. The Morgan fingerprint density at radius 3 is 2.79 bits per heavy atom. The monoisotopic (exact) mass is 423 g/mol. The molecule has 0 aliphatic rings. The molecule has 3 rings (SSSR count). The van der Waals surface area contributed by atoms with Gasteiger partial charge in [0.2, 0.25) is 10.0 Å². The van der Waals surface area contributed by atoms with Crippen LogP contribution < -0.4 is 9.94 Å². The van der Waals surface area contributed by atoms with Gasteiger partial charge in [0.05, 0.1) is 21.7 Å². The maximum absolute atomic E-state index is 12.7. The lowest BCUT2D eigenvalue weighted by Crippen LogP contribution is -2.20. The highest BCUT2D eigenvalue weighted by Gasteiger charge is 2.15. The van der Waals surface area contributed by atoms with E-state index in [4.69, 9.17) is 9.88 Å². The smallest absolute Gasteiger partial charge is 0.297 e. The lowest BCUT2D eigenvalue weighted by Gasteiger charge is -2.06. The van der Waals surface area contributed by atoms with Gasteiger partial charge in [0.25, 0.3) is 5.91 Å². The van der Waals surface area contributed by atoms with Crippen molar-refractivity contribution in [3.8, 4) is 0 Å². The van der Waals surface area contributed by atoms with E-state index in [2.05, 4.69) is 10.1 Å². The number of fused-ring (bicyclic) bond motifs is 1. The van der Waals surface area contributed by atoms with E-state index in [1.54, 1.807) is 23.0 Å². The van der Waals surface area contributed by atoms with E-state index in [-0.39, 0.29) is 4.90 Å². The molecule has 0 atom stereocenters. The van der Waals surface area contributed by atoms with Crippen LogP contribution in [0.4, 0.5) is 0 Å². The summed E-state index contributed by atoms with van der Waals surface area (Å²) in [6, 6.07) is 6.22. The second-order valence-electron chi connectivity index (χ2n) is 5.86. The molecule has 0 radical (unpaired) electrons. The molecule has 0 fully saturated rings. The predicted molar refractivity (Wildman–Crippen MR) is 105 cm³/mol. The van der Waals surface area contributed by atoms with Gasteiger partial charge in [-0.25, -0.2) is 13.6 Å². The zero-order valence-corrected chi connectivity index (χ0v) is 17.2. The fraction of sp³-hybridized carbons (Fsp3) is 0.353. The van der Waals surface area contributed by atoms with Crippen LogP contribution in [0.1, 0.15) is 24.3 Å². The minimum atomic E-state index is -3.82. The number of thiazole rings is 1. The van der Waals surface area contributed by atoms with Crippen molar-refractivity contribution in [2.24, 2.45) is 10.1 Å². The van der Waals surface area contributed by atoms with Crippen molar-refractivity contribution in [3.05, 3.63) is 41.0 Å². The molecule has 0 unspecified atom stereocenters. The molecule has 1 aromatic carbocycles. The molecule has 2 heterocycles. The van der Waals surface area contributed by atoms with Crippen LogP contribution in [0.25, 0.3) is 10.2 Å². The zero-order chi connectivity index (χ0) is 20.3. The summed E-state index contributed by atoms with van der Waals surface area (Å²) in [5.74, 6) is -0.414. The van der Waals surface area contributed by atoms with Crippen LogP contribution in [0, 0.1) is 0 Å². The van der Waals surface area contributed by atoms with Gasteiger partial charge >= 0.3 is 0 Å². The Morgan fingerprint density at radius 2 is 2.11 bits per heavy atom. The second kappa shape index (κ2) is 8.35. The summed E-state index contributed by atoms with van der Waals surface area (Å²) < 4.78 is 32.8. The Morgan fingerprint density at radius 1 is 1.32 bits per heavy atom. The fourth-order valence-corrected chi connectivity index (χ4v) is 4.45. The van der Waals surface area contributed by atoms with Gasteiger partial charge < -0.3 is 9.30 Å². The number of aryl methyl sites for hydroxylation is 1. The maximum Gasteiger partial charge on any atom is 0.297 e. The Bertz CT molecular complexity index is 1170. The standard InChI is InChI=1S/C17H21N5O4S2/c1-3-22-14(7-8-19-22)16(23)20-17-21(9-10-26-4-2)13-6-5-12(28(18,24)25)11-15(13)27-17/h5-8,11H,3-4,9-10H2,1-2H3,(H2,18,24,25). The number of sulfonamides is 1. The molecule has 0 saturated carbocycles. The second-order valence-corrected chi connectivity index (χ2v) is 8.43. The molecule has 150 valence electrons. The van der Waals surface area contributed by atoms with E-state index in [1.165, 1.54) is 23.5 Å². The highest BCUT2D eigenvalue weighted by Crippen LogP contribution is 2.21. The Hall–Kier alpha value is -2.34. The van der Waals surface area contributed by atoms with E-state index < -0.39 is 15.9 Å². The average Bonchev–Trinajstić information content (AvgIpc) is 3.25. The number of nitrogens with zero attached hydrogens (tertiary/aromatic N) is 4. The summed E-state index contributed by atoms with van der Waals surface area (Å²) in [5, 5.41) is 9.32. The lowest BCUT2D eigenvalue weighted by molar-refractivity contribution is 0.0986. The van der Waals surface area contributed by atoms with Crippen LogP contribution in [0.15, 0.2) is 40.4 Å². The maximum atomic E-state index is 12.7. The van der Waals surface area contributed by atoms with Crippen LogP contribution in [0.5, 0.6) is 0 Å². The topological polar surface area (TPSA) is 122 Å². The lowest BCUT2D eigenvalue weighted by atomic mass is 10.3. The number of carbonyl (C=O) groups excluding carboxylic acids is 1. The number of primary sulfonamides is 1. The number of nitrogens with two attached hydrogens (primary N) is 1. The molecule has 28 heavy (non-hydrogen) atoms. The van der Waals surface area contributed by atoms with Crippen molar-refractivity contribution in [3.63, 3.8) is 0 Å². The van der Waals surface area contributed by atoms with E-state index in [0.29, 0.717) is 41.5 Å². The third-order valence-corrected chi connectivity index (χ3v) is 6.03. The molecular weight excluding hydrogens is 402 g/mol. The minimum Gasteiger partial charge on any atom is -0.380 e. The first-order valence-electron chi connectivity index (χ1n) is 8.70. The molecule has 0 saturated heterocycles. The predicted octanol–water partition coefficient (Wildman–Crippen LogP) is 1.34. The number of benzene rings is 1. The van der Waals surface area contributed by atoms with Crippen LogP contribution in [0.3, 0.4) is 0 Å². The number of hydrogen-bond donors (Lipinski definition) is 1. The number of aromatic nitrogens is 3. The summed E-state index contributed by atoms with van der Waals surface area (Å²) in [5.41, 5.74) is 1.15. The van der Waals surface area contributed by atoms with E-state index in [1.807, 2.05) is 18.4 Å². The first-order valence-corrected chi connectivity index (χ1v) is 11.1. The fourth-order valence-electron chi connectivity index (χ4n) is 2.74. The summed E-state index contributed by atoms with van der Waals surface area (Å²) in [6.07, 6.45) is 1.55. The van der Waals surface area contributed by atoms with Crippen molar-refractivity contribution >= 4 is 37.5 Å².